The van der Waals surface area contributed by atoms with E-state index in [4.69, 9.17) is 4.74 Å². The average molecular weight is 388 g/mol. The number of sulfonamides is 1. The van der Waals surface area contributed by atoms with E-state index in [1.807, 2.05) is 25.1 Å². The third-order valence-electron chi connectivity index (χ3n) is 3.65. The number of aromatic nitrogens is 2. The molecule has 140 valence electrons. The van der Waals surface area contributed by atoms with Gasteiger partial charge in [0.25, 0.3) is 10.0 Å². The SMILES string of the molecule is COc1ccc(C)cc1Nc1ccc(NS(=O)(=O)c2ccc(F)cc2)nn1. The smallest absolute Gasteiger partial charge is 0.263 e. The Kier molecular flexibility index (Phi) is 5.22. The molecule has 0 aliphatic heterocycles. The highest BCUT2D eigenvalue weighted by atomic mass is 32.2. The summed E-state index contributed by atoms with van der Waals surface area (Å²) < 4.78 is 45.1. The normalized spacial score (nSPS) is 11.1. The van der Waals surface area contributed by atoms with Crippen LogP contribution in [0.3, 0.4) is 0 Å². The van der Waals surface area contributed by atoms with Crippen LogP contribution in [0.1, 0.15) is 5.56 Å². The molecule has 0 atom stereocenters. The van der Waals surface area contributed by atoms with E-state index in [1.54, 1.807) is 13.2 Å². The summed E-state index contributed by atoms with van der Waals surface area (Å²) in [6, 6.07) is 13.2. The minimum absolute atomic E-state index is 0.0427. The quantitative estimate of drug-likeness (QED) is 0.672. The van der Waals surface area contributed by atoms with Gasteiger partial charge in [0.2, 0.25) is 0 Å². The Morgan fingerprint density at radius 3 is 2.26 bits per heavy atom. The van der Waals surface area contributed by atoms with Crippen molar-refractivity contribution < 1.29 is 17.5 Å². The molecule has 2 aromatic carbocycles. The van der Waals surface area contributed by atoms with E-state index in [-0.39, 0.29) is 10.7 Å². The van der Waals surface area contributed by atoms with Crippen molar-refractivity contribution >= 4 is 27.3 Å². The molecule has 3 rings (SSSR count). The lowest BCUT2D eigenvalue weighted by atomic mass is 10.2. The van der Waals surface area contributed by atoms with E-state index >= 15 is 0 Å². The zero-order chi connectivity index (χ0) is 19.4. The maximum absolute atomic E-state index is 13.0. The molecular formula is C18H17FN4O3S. The van der Waals surface area contributed by atoms with E-state index in [2.05, 4.69) is 20.2 Å². The molecule has 0 spiro atoms. The van der Waals surface area contributed by atoms with Gasteiger partial charge < -0.3 is 10.1 Å². The monoisotopic (exact) mass is 388 g/mol. The third-order valence-corrected chi connectivity index (χ3v) is 5.02. The van der Waals surface area contributed by atoms with Crippen LogP contribution in [-0.4, -0.2) is 25.7 Å². The van der Waals surface area contributed by atoms with Crippen molar-refractivity contribution in [2.24, 2.45) is 0 Å². The van der Waals surface area contributed by atoms with E-state index < -0.39 is 15.8 Å². The molecule has 0 saturated heterocycles. The van der Waals surface area contributed by atoms with Gasteiger partial charge >= 0.3 is 0 Å². The van der Waals surface area contributed by atoms with Gasteiger partial charge in [0.15, 0.2) is 11.6 Å². The number of ether oxygens (including phenoxy) is 1. The number of methoxy groups -OCH3 is 1. The molecule has 1 heterocycles. The molecule has 1 aromatic heterocycles. The molecule has 0 radical (unpaired) electrons. The Morgan fingerprint density at radius 2 is 1.63 bits per heavy atom. The van der Waals surface area contributed by atoms with Crippen molar-refractivity contribution in [2.75, 3.05) is 17.1 Å². The Bertz CT molecular complexity index is 1040. The van der Waals surface area contributed by atoms with Crippen LogP contribution >= 0.6 is 0 Å². The molecule has 2 N–H and O–H groups in total. The van der Waals surface area contributed by atoms with Crippen LogP contribution < -0.4 is 14.8 Å². The summed E-state index contributed by atoms with van der Waals surface area (Å²) in [4.78, 5) is -0.0719. The maximum atomic E-state index is 13.0. The topological polar surface area (TPSA) is 93.2 Å². The molecule has 27 heavy (non-hydrogen) atoms. The Hall–Kier alpha value is -3.20. The highest BCUT2D eigenvalue weighted by molar-refractivity contribution is 7.92. The van der Waals surface area contributed by atoms with Crippen molar-refractivity contribution in [3.63, 3.8) is 0 Å². The van der Waals surface area contributed by atoms with Crippen molar-refractivity contribution in [2.45, 2.75) is 11.8 Å². The summed E-state index contributed by atoms with van der Waals surface area (Å²) >= 11 is 0. The third kappa shape index (κ3) is 4.50. The predicted molar refractivity (Wildman–Crippen MR) is 100 cm³/mol. The lowest BCUT2D eigenvalue weighted by molar-refractivity contribution is 0.416. The van der Waals surface area contributed by atoms with Crippen molar-refractivity contribution in [3.05, 3.63) is 66.0 Å². The van der Waals surface area contributed by atoms with Crippen LogP contribution in [0.5, 0.6) is 5.75 Å². The highest BCUT2D eigenvalue weighted by Gasteiger charge is 2.15. The molecule has 0 bridgehead atoms. The van der Waals surface area contributed by atoms with Crippen LogP contribution in [-0.2, 0) is 10.0 Å². The van der Waals surface area contributed by atoms with Gasteiger partial charge in [0.05, 0.1) is 17.7 Å². The molecule has 0 fully saturated rings. The number of aryl methyl sites for hydroxylation is 1. The van der Waals surface area contributed by atoms with Crippen LogP contribution in [0.4, 0.5) is 21.7 Å². The lowest BCUT2D eigenvalue weighted by Gasteiger charge is -2.11. The number of nitrogens with one attached hydrogen (secondary N) is 2. The second kappa shape index (κ2) is 7.58. The van der Waals surface area contributed by atoms with Crippen LogP contribution in [0, 0.1) is 12.7 Å². The summed E-state index contributed by atoms with van der Waals surface area (Å²) in [7, 11) is -2.31. The van der Waals surface area contributed by atoms with Crippen molar-refractivity contribution in [1.29, 1.82) is 0 Å². The summed E-state index contributed by atoms with van der Waals surface area (Å²) in [5, 5.41) is 10.9. The fourth-order valence-corrected chi connectivity index (χ4v) is 3.32. The van der Waals surface area contributed by atoms with E-state index in [0.717, 1.165) is 17.7 Å². The lowest BCUT2D eigenvalue weighted by Crippen LogP contribution is -2.14. The number of nitrogens with zero attached hydrogens (tertiary/aromatic N) is 2. The molecule has 9 heteroatoms. The number of halogens is 1. The number of benzene rings is 2. The van der Waals surface area contributed by atoms with Gasteiger partial charge in [0.1, 0.15) is 11.6 Å². The molecule has 3 aromatic rings. The van der Waals surface area contributed by atoms with Crippen LogP contribution in [0.15, 0.2) is 59.5 Å². The minimum Gasteiger partial charge on any atom is -0.495 e. The first-order chi connectivity index (χ1) is 12.9. The van der Waals surface area contributed by atoms with Crippen molar-refractivity contribution in [1.82, 2.24) is 10.2 Å². The maximum Gasteiger partial charge on any atom is 0.263 e. The van der Waals surface area contributed by atoms with E-state index in [0.29, 0.717) is 17.3 Å². The summed E-state index contributed by atoms with van der Waals surface area (Å²) in [5.74, 6) is 0.587. The van der Waals surface area contributed by atoms with E-state index in [1.165, 1.54) is 18.2 Å². The van der Waals surface area contributed by atoms with Crippen molar-refractivity contribution in [3.8, 4) is 5.75 Å². The summed E-state index contributed by atoms with van der Waals surface area (Å²) in [6.07, 6.45) is 0. The van der Waals surface area contributed by atoms with E-state index in [9.17, 15) is 12.8 Å². The second-order valence-electron chi connectivity index (χ2n) is 5.69. The first-order valence-corrected chi connectivity index (χ1v) is 9.39. The zero-order valence-corrected chi connectivity index (χ0v) is 15.4. The van der Waals surface area contributed by atoms with Gasteiger partial charge in [-0.15, -0.1) is 10.2 Å². The molecule has 7 nitrogen and oxygen atoms in total. The summed E-state index contributed by atoms with van der Waals surface area (Å²) in [6.45, 7) is 1.95. The Balaban J connectivity index is 1.76. The molecule has 0 unspecified atom stereocenters. The molecule has 0 amide bonds. The van der Waals surface area contributed by atoms with Crippen LogP contribution in [0.25, 0.3) is 0 Å². The average Bonchev–Trinajstić information content (AvgIpc) is 2.64. The molecule has 0 aliphatic rings. The highest BCUT2D eigenvalue weighted by Crippen LogP contribution is 2.28. The fourth-order valence-electron chi connectivity index (χ4n) is 2.32. The number of anilines is 3. The van der Waals surface area contributed by atoms with Crippen LogP contribution in [0.2, 0.25) is 0 Å². The van der Waals surface area contributed by atoms with Gasteiger partial charge in [0, 0.05) is 0 Å². The van der Waals surface area contributed by atoms with Gasteiger partial charge in [-0.05, 0) is 61.0 Å². The largest absolute Gasteiger partial charge is 0.495 e. The Morgan fingerprint density at radius 1 is 0.963 bits per heavy atom. The number of hydrogen-bond acceptors (Lipinski definition) is 6. The predicted octanol–water partition coefficient (Wildman–Crippen LogP) is 3.48. The van der Waals surface area contributed by atoms with Gasteiger partial charge in [-0.1, -0.05) is 6.07 Å². The first kappa shape index (κ1) is 18.6. The zero-order valence-electron chi connectivity index (χ0n) is 14.6. The molecular weight excluding hydrogens is 371 g/mol. The van der Waals surface area contributed by atoms with Gasteiger partial charge in [-0.3, -0.25) is 4.72 Å². The van der Waals surface area contributed by atoms with Gasteiger partial charge in [-0.25, -0.2) is 12.8 Å². The second-order valence-corrected chi connectivity index (χ2v) is 7.37. The standard InChI is InChI=1S/C18H17FN4O3S/c1-12-3-8-16(26-2)15(11-12)20-17-9-10-18(22-21-17)23-27(24,25)14-6-4-13(19)5-7-14/h3-11H,1-2H3,(H,20,21)(H,22,23). The fraction of sp³-hybridized carbons (Fsp3) is 0.111. The minimum atomic E-state index is -3.88. The Labute approximate surface area is 156 Å². The van der Waals surface area contributed by atoms with Gasteiger partial charge in [-0.2, -0.15) is 0 Å². The summed E-state index contributed by atoms with van der Waals surface area (Å²) in [5.41, 5.74) is 1.75. The number of hydrogen-bond donors (Lipinski definition) is 2. The first-order valence-electron chi connectivity index (χ1n) is 7.91. The molecule has 0 saturated carbocycles. The molecule has 0 aliphatic carbocycles. The number of rotatable bonds is 6.